The fourth-order valence-electron chi connectivity index (χ4n) is 1.82. The lowest BCUT2D eigenvalue weighted by Crippen LogP contribution is -2.37. The summed E-state index contributed by atoms with van der Waals surface area (Å²) in [6.07, 6.45) is 2.08. The Morgan fingerprint density at radius 3 is 2.62 bits per heavy atom. The third kappa shape index (κ3) is 4.40. The lowest BCUT2D eigenvalue weighted by Gasteiger charge is -2.20. The van der Waals surface area contributed by atoms with Gasteiger partial charge in [-0.3, -0.25) is 14.9 Å². The number of rotatable bonds is 7. The van der Waals surface area contributed by atoms with Crippen molar-refractivity contribution in [1.82, 2.24) is 10.3 Å². The molecule has 7 nitrogen and oxygen atoms in total. The van der Waals surface area contributed by atoms with E-state index in [1.54, 1.807) is 0 Å². The normalized spacial score (nSPS) is 13.3. The lowest BCUT2D eigenvalue weighted by molar-refractivity contribution is -0.385. The first-order valence-corrected chi connectivity index (χ1v) is 7.09. The summed E-state index contributed by atoms with van der Waals surface area (Å²) in [4.78, 5) is 26.6. The number of aromatic nitrogens is 1. The standard InChI is InChI=1S/C14H22N4O3/c1-5-9(3)10(4)17-14(19)12-7-11(18(20)21)8-16-13(12)15-6-2/h7-10H,5-6H2,1-4H3,(H,15,16)(H,17,19). The molecule has 1 aromatic rings. The fourth-order valence-corrected chi connectivity index (χ4v) is 1.82. The van der Waals surface area contributed by atoms with E-state index in [9.17, 15) is 14.9 Å². The highest BCUT2D eigenvalue weighted by Gasteiger charge is 2.20. The molecule has 0 spiro atoms. The number of nitro groups is 1. The van der Waals surface area contributed by atoms with Gasteiger partial charge >= 0.3 is 0 Å². The first kappa shape index (κ1) is 16.9. The molecule has 0 aromatic carbocycles. The van der Waals surface area contributed by atoms with E-state index in [-0.39, 0.29) is 23.2 Å². The Kier molecular flexibility index (Phi) is 6.08. The van der Waals surface area contributed by atoms with Crippen molar-refractivity contribution < 1.29 is 9.72 Å². The van der Waals surface area contributed by atoms with Crippen LogP contribution in [0.25, 0.3) is 0 Å². The molecule has 1 amide bonds. The zero-order valence-electron chi connectivity index (χ0n) is 12.8. The van der Waals surface area contributed by atoms with E-state index in [2.05, 4.69) is 15.6 Å². The van der Waals surface area contributed by atoms with Gasteiger partial charge in [-0.1, -0.05) is 20.3 Å². The average Bonchev–Trinajstić information content (AvgIpc) is 2.46. The van der Waals surface area contributed by atoms with Crippen LogP contribution in [-0.2, 0) is 0 Å². The molecule has 116 valence electrons. The van der Waals surface area contributed by atoms with Gasteiger partial charge in [-0.2, -0.15) is 0 Å². The van der Waals surface area contributed by atoms with E-state index in [4.69, 9.17) is 0 Å². The number of hydrogen-bond acceptors (Lipinski definition) is 5. The number of nitrogens with zero attached hydrogens (tertiary/aromatic N) is 2. The minimum absolute atomic E-state index is 0.0174. The molecule has 0 aliphatic heterocycles. The number of amides is 1. The minimum atomic E-state index is -0.558. The SMILES string of the molecule is CCNc1ncc([N+](=O)[O-])cc1C(=O)NC(C)C(C)CC. The van der Waals surface area contributed by atoms with Crippen LogP contribution >= 0.6 is 0 Å². The third-order valence-electron chi connectivity index (χ3n) is 3.53. The van der Waals surface area contributed by atoms with E-state index in [1.807, 2.05) is 27.7 Å². The van der Waals surface area contributed by atoms with Gasteiger partial charge in [0.1, 0.15) is 12.0 Å². The van der Waals surface area contributed by atoms with Gasteiger partial charge in [-0.25, -0.2) is 4.98 Å². The molecule has 1 heterocycles. The Morgan fingerprint density at radius 1 is 1.43 bits per heavy atom. The molecule has 2 N–H and O–H groups in total. The summed E-state index contributed by atoms with van der Waals surface area (Å²) in [5, 5.41) is 16.7. The highest BCUT2D eigenvalue weighted by molar-refractivity contribution is 5.99. The smallest absolute Gasteiger partial charge is 0.288 e. The molecular formula is C14H22N4O3. The van der Waals surface area contributed by atoms with Crippen LogP contribution in [0.5, 0.6) is 0 Å². The highest BCUT2D eigenvalue weighted by Crippen LogP contribution is 2.19. The van der Waals surface area contributed by atoms with Gasteiger partial charge in [0, 0.05) is 18.7 Å². The topological polar surface area (TPSA) is 97.2 Å². The van der Waals surface area contributed by atoms with Crippen molar-refractivity contribution in [2.75, 3.05) is 11.9 Å². The molecule has 0 radical (unpaired) electrons. The van der Waals surface area contributed by atoms with Crippen molar-refractivity contribution in [2.45, 2.75) is 40.2 Å². The molecule has 0 saturated heterocycles. The second kappa shape index (κ2) is 7.56. The summed E-state index contributed by atoms with van der Waals surface area (Å²) in [6, 6.07) is 1.24. The molecule has 0 aliphatic carbocycles. The maximum Gasteiger partial charge on any atom is 0.288 e. The molecule has 1 aromatic heterocycles. The first-order chi connectivity index (χ1) is 9.90. The van der Waals surface area contributed by atoms with Crippen molar-refractivity contribution >= 4 is 17.4 Å². The Hall–Kier alpha value is -2.18. The average molecular weight is 294 g/mol. The zero-order valence-corrected chi connectivity index (χ0v) is 12.8. The molecule has 0 aliphatic rings. The van der Waals surface area contributed by atoms with Crippen LogP contribution in [0.15, 0.2) is 12.3 Å². The largest absolute Gasteiger partial charge is 0.370 e. The predicted molar refractivity (Wildman–Crippen MR) is 81.4 cm³/mol. The summed E-state index contributed by atoms with van der Waals surface area (Å²) < 4.78 is 0. The van der Waals surface area contributed by atoms with Crippen molar-refractivity contribution in [3.8, 4) is 0 Å². The van der Waals surface area contributed by atoms with Crippen molar-refractivity contribution in [3.63, 3.8) is 0 Å². The zero-order chi connectivity index (χ0) is 16.0. The van der Waals surface area contributed by atoms with Gasteiger partial charge in [0.2, 0.25) is 0 Å². The number of carbonyl (C=O) groups is 1. The van der Waals surface area contributed by atoms with Crippen LogP contribution in [0.2, 0.25) is 0 Å². The second-order valence-corrected chi connectivity index (χ2v) is 5.02. The summed E-state index contributed by atoms with van der Waals surface area (Å²) in [5.41, 5.74) is -0.000742. The number of hydrogen-bond donors (Lipinski definition) is 2. The van der Waals surface area contributed by atoms with Crippen molar-refractivity contribution in [3.05, 3.63) is 27.9 Å². The Morgan fingerprint density at radius 2 is 2.10 bits per heavy atom. The van der Waals surface area contributed by atoms with E-state index in [0.717, 1.165) is 12.6 Å². The van der Waals surface area contributed by atoms with Crippen molar-refractivity contribution in [1.29, 1.82) is 0 Å². The fraction of sp³-hybridized carbons (Fsp3) is 0.571. The van der Waals surface area contributed by atoms with Gasteiger partial charge in [-0.05, 0) is 19.8 Å². The Bertz CT molecular complexity index is 519. The Labute approximate surface area is 124 Å². The summed E-state index contributed by atoms with van der Waals surface area (Å²) in [6.45, 7) is 8.45. The molecule has 0 bridgehead atoms. The summed E-state index contributed by atoms with van der Waals surface area (Å²) in [7, 11) is 0. The number of pyridine rings is 1. The van der Waals surface area contributed by atoms with Gasteiger partial charge in [-0.15, -0.1) is 0 Å². The number of carbonyl (C=O) groups excluding carboxylic acids is 1. The molecule has 0 fully saturated rings. The summed E-state index contributed by atoms with van der Waals surface area (Å²) >= 11 is 0. The van der Waals surface area contributed by atoms with Crippen LogP contribution in [0.3, 0.4) is 0 Å². The van der Waals surface area contributed by atoms with E-state index < -0.39 is 4.92 Å². The van der Waals surface area contributed by atoms with Crippen LogP contribution in [0.4, 0.5) is 11.5 Å². The van der Waals surface area contributed by atoms with Crippen LogP contribution in [0, 0.1) is 16.0 Å². The molecule has 21 heavy (non-hydrogen) atoms. The van der Waals surface area contributed by atoms with Crippen LogP contribution in [-0.4, -0.2) is 28.4 Å². The highest BCUT2D eigenvalue weighted by atomic mass is 16.6. The molecule has 2 atom stereocenters. The monoisotopic (exact) mass is 294 g/mol. The van der Waals surface area contributed by atoms with Crippen LogP contribution in [0.1, 0.15) is 44.5 Å². The lowest BCUT2D eigenvalue weighted by atomic mass is 10.0. The minimum Gasteiger partial charge on any atom is -0.370 e. The van der Waals surface area contributed by atoms with E-state index >= 15 is 0 Å². The second-order valence-electron chi connectivity index (χ2n) is 5.02. The summed E-state index contributed by atoms with van der Waals surface area (Å²) in [5.74, 6) is 0.329. The quantitative estimate of drug-likeness (QED) is 0.595. The molecular weight excluding hydrogens is 272 g/mol. The Balaban J connectivity index is 3.04. The van der Waals surface area contributed by atoms with E-state index in [0.29, 0.717) is 18.3 Å². The maximum atomic E-state index is 12.3. The van der Waals surface area contributed by atoms with Crippen molar-refractivity contribution in [2.24, 2.45) is 5.92 Å². The van der Waals surface area contributed by atoms with E-state index in [1.165, 1.54) is 6.07 Å². The molecule has 2 unspecified atom stereocenters. The predicted octanol–water partition coefficient (Wildman–Crippen LogP) is 2.59. The number of nitrogens with one attached hydrogen (secondary N) is 2. The molecule has 0 saturated carbocycles. The maximum absolute atomic E-state index is 12.3. The first-order valence-electron chi connectivity index (χ1n) is 7.09. The number of anilines is 1. The molecule has 1 rings (SSSR count). The van der Waals surface area contributed by atoms with Gasteiger partial charge in [0.25, 0.3) is 11.6 Å². The third-order valence-corrected chi connectivity index (χ3v) is 3.53. The van der Waals surface area contributed by atoms with Gasteiger partial charge in [0.15, 0.2) is 0 Å². The van der Waals surface area contributed by atoms with Gasteiger partial charge < -0.3 is 10.6 Å². The van der Waals surface area contributed by atoms with Crippen LogP contribution < -0.4 is 10.6 Å². The molecule has 7 heteroatoms. The van der Waals surface area contributed by atoms with Gasteiger partial charge in [0.05, 0.1) is 10.5 Å².